The Morgan fingerprint density at radius 3 is 2.22 bits per heavy atom. The van der Waals surface area contributed by atoms with E-state index in [0.717, 1.165) is 19.1 Å². The van der Waals surface area contributed by atoms with Crippen molar-refractivity contribution in [2.45, 2.75) is 31.5 Å². The summed E-state index contributed by atoms with van der Waals surface area (Å²) in [5.74, 6) is -1.08. The lowest BCUT2D eigenvalue weighted by Gasteiger charge is -2.25. The molecule has 1 nitrogen and oxygen atoms in total. The minimum Gasteiger partial charge on any atom is -0.320 e. The molecule has 0 saturated heterocycles. The fraction of sp³-hybridized carbons (Fsp3) is 0.455. The largest absolute Gasteiger partial charge is 0.416 e. The Balaban J connectivity index is 3.18. The van der Waals surface area contributed by atoms with Crippen LogP contribution in [0.25, 0.3) is 0 Å². The molecule has 2 N–H and O–H groups in total. The second-order valence-corrected chi connectivity index (χ2v) is 4.28. The Morgan fingerprint density at radius 2 is 1.78 bits per heavy atom. The SMILES string of the molecule is CC(N)(Cc1ccc(F)cc1C(F)(F)F)C(F)F. The van der Waals surface area contributed by atoms with Gasteiger partial charge in [-0.2, -0.15) is 13.2 Å². The molecule has 1 atom stereocenters. The van der Waals surface area contributed by atoms with E-state index >= 15 is 0 Å². The van der Waals surface area contributed by atoms with Crippen molar-refractivity contribution >= 4 is 0 Å². The Hall–Kier alpha value is -1.24. The first-order valence-corrected chi connectivity index (χ1v) is 4.96. The first kappa shape index (κ1) is 14.8. The van der Waals surface area contributed by atoms with Crippen molar-refractivity contribution in [1.29, 1.82) is 0 Å². The van der Waals surface area contributed by atoms with Crippen molar-refractivity contribution in [2.24, 2.45) is 5.73 Å². The lowest BCUT2D eigenvalue weighted by molar-refractivity contribution is -0.138. The summed E-state index contributed by atoms with van der Waals surface area (Å²) in [7, 11) is 0. The lowest BCUT2D eigenvalue weighted by atomic mass is 9.91. The maximum Gasteiger partial charge on any atom is 0.416 e. The molecule has 18 heavy (non-hydrogen) atoms. The van der Waals surface area contributed by atoms with E-state index in [1.165, 1.54) is 0 Å². The maximum absolute atomic E-state index is 12.8. The quantitative estimate of drug-likeness (QED) is 0.838. The third kappa shape index (κ3) is 3.38. The molecule has 1 aromatic rings. The summed E-state index contributed by atoms with van der Waals surface area (Å²) in [6.45, 7) is 0.946. The topological polar surface area (TPSA) is 26.0 Å². The molecule has 1 unspecified atom stereocenters. The van der Waals surface area contributed by atoms with E-state index in [-0.39, 0.29) is 6.07 Å². The van der Waals surface area contributed by atoms with Crippen LogP contribution in [0.2, 0.25) is 0 Å². The molecule has 1 aromatic carbocycles. The first-order chi connectivity index (χ1) is 8.04. The molecule has 102 valence electrons. The number of alkyl halides is 5. The van der Waals surface area contributed by atoms with Gasteiger partial charge in [0.15, 0.2) is 0 Å². The van der Waals surface area contributed by atoms with Crippen molar-refractivity contribution in [1.82, 2.24) is 0 Å². The van der Waals surface area contributed by atoms with Crippen molar-refractivity contribution in [3.8, 4) is 0 Å². The third-order valence-corrected chi connectivity index (χ3v) is 2.45. The monoisotopic (exact) mass is 271 g/mol. The summed E-state index contributed by atoms with van der Waals surface area (Å²) >= 11 is 0. The average molecular weight is 271 g/mol. The fourth-order valence-corrected chi connectivity index (χ4v) is 1.45. The molecule has 0 amide bonds. The number of benzene rings is 1. The highest BCUT2D eigenvalue weighted by Gasteiger charge is 2.37. The molecule has 0 fully saturated rings. The van der Waals surface area contributed by atoms with Crippen molar-refractivity contribution in [3.05, 3.63) is 35.1 Å². The fourth-order valence-electron chi connectivity index (χ4n) is 1.45. The van der Waals surface area contributed by atoms with Gasteiger partial charge in [-0.05, 0) is 31.0 Å². The zero-order valence-electron chi connectivity index (χ0n) is 9.36. The van der Waals surface area contributed by atoms with Crippen LogP contribution in [0.1, 0.15) is 18.1 Å². The molecule has 0 heterocycles. The van der Waals surface area contributed by atoms with Crippen LogP contribution in [0.3, 0.4) is 0 Å². The molecular formula is C11H11F6N. The molecule has 1 rings (SSSR count). The highest BCUT2D eigenvalue weighted by Crippen LogP contribution is 2.34. The lowest BCUT2D eigenvalue weighted by Crippen LogP contribution is -2.46. The predicted molar refractivity (Wildman–Crippen MR) is 53.7 cm³/mol. The zero-order chi connectivity index (χ0) is 14.1. The van der Waals surface area contributed by atoms with E-state index in [2.05, 4.69) is 0 Å². The second kappa shape index (κ2) is 4.79. The summed E-state index contributed by atoms with van der Waals surface area (Å²) < 4.78 is 75.7. The molecule has 0 aliphatic rings. The van der Waals surface area contributed by atoms with Gasteiger partial charge in [0.05, 0.1) is 11.1 Å². The van der Waals surface area contributed by atoms with E-state index in [4.69, 9.17) is 5.73 Å². The smallest absolute Gasteiger partial charge is 0.320 e. The van der Waals surface area contributed by atoms with Gasteiger partial charge < -0.3 is 5.73 Å². The highest BCUT2D eigenvalue weighted by atomic mass is 19.4. The van der Waals surface area contributed by atoms with Gasteiger partial charge in [-0.25, -0.2) is 13.2 Å². The summed E-state index contributed by atoms with van der Waals surface area (Å²) in [6.07, 6.45) is -8.49. The van der Waals surface area contributed by atoms with Gasteiger partial charge in [0.2, 0.25) is 0 Å². The Bertz CT molecular complexity index is 424. The van der Waals surface area contributed by atoms with Crippen molar-refractivity contribution in [3.63, 3.8) is 0 Å². The number of rotatable bonds is 3. The minimum atomic E-state index is -4.81. The summed E-state index contributed by atoms with van der Waals surface area (Å²) in [5, 5.41) is 0. The van der Waals surface area contributed by atoms with Crippen LogP contribution in [-0.4, -0.2) is 12.0 Å². The molecule has 0 aliphatic heterocycles. The number of hydrogen-bond acceptors (Lipinski definition) is 1. The summed E-state index contributed by atoms with van der Waals surface area (Å²) in [6, 6.07) is 1.88. The van der Waals surface area contributed by atoms with Gasteiger partial charge in [-0.1, -0.05) is 6.07 Å². The van der Waals surface area contributed by atoms with Crippen LogP contribution in [0.5, 0.6) is 0 Å². The first-order valence-electron chi connectivity index (χ1n) is 4.96. The van der Waals surface area contributed by atoms with Crippen molar-refractivity contribution < 1.29 is 26.3 Å². The van der Waals surface area contributed by atoms with Gasteiger partial charge in [-0.3, -0.25) is 0 Å². The molecule has 0 radical (unpaired) electrons. The molecule has 0 spiro atoms. The Morgan fingerprint density at radius 1 is 1.22 bits per heavy atom. The Kier molecular flexibility index (Phi) is 3.95. The normalized spacial score (nSPS) is 15.8. The number of hydrogen-bond donors (Lipinski definition) is 1. The maximum atomic E-state index is 12.8. The van der Waals surface area contributed by atoms with Gasteiger partial charge in [0.25, 0.3) is 6.43 Å². The molecular weight excluding hydrogens is 260 g/mol. The predicted octanol–water partition coefficient (Wildman–Crippen LogP) is 3.37. The third-order valence-electron chi connectivity index (χ3n) is 2.45. The Labute approximate surface area is 99.6 Å². The van der Waals surface area contributed by atoms with Crippen molar-refractivity contribution in [2.75, 3.05) is 0 Å². The van der Waals surface area contributed by atoms with Crippen LogP contribution in [0, 0.1) is 5.82 Å². The van der Waals surface area contributed by atoms with Gasteiger partial charge >= 0.3 is 6.18 Å². The van der Waals surface area contributed by atoms with E-state index in [1.807, 2.05) is 0 Å². The van der Waals surface area contributed by atoms with E-state index in [1.54, 1.807) is 0 Å². The van der Waals surface area contributed by atoms with Crippen LogP contribution in [0.15, 0.2) is 18.2 Å². The van der Waals surface area contributed by atoms with E-state index in [0.29, 0.717) is 0 Å². The molecule has 0 aromatic heterocycles. The molecule has 0 saturated carbocycles. The second-order valence-electron chi connectivity index (χ2n) is 4.28. The molecule has 7 heteroatoms. The average Bonchev–Trinajstić information content (AvgIpc) is 2.18. The van der Waals surface area contributed by atoms with Crippen LogP contribution in [0.4, 0.5) is 26.3 Å². The van der Waals surface area contributed by atoms with Gasteiger partial charge in [0.1, 0.15) is 5.82 Å². The minimum absolute atomic E-state index is 0.275. The molecule has 0 aliphatic carbocycles. The van der Waals surface area contributed by atoms with E-state index < -0.39 is 41.5 Å². The van der Waals surface area contributed by atoms with Gasteiger partial charge in [-0.15, -0.1) is 0 Å². The number of halogens is 6. The highest BCUT2D eigenvalue weighted by molar-refractivity contribution is 5.32. The molecule has 0 bridgehead atoms. The van der Waals surface area contributed by atoms with Crippen LogP contribution < -0.4 is 5.73 Å². The van der Waals surface area contributed by atoms with E-state index in [9.17, 15) is 26.3 Å². The van der Waals surface area contributed by atoms with Crippen LogP contribution >= 0.6 is 0 Å². The number of nitrogens with two attached hydrogens (primary N) is 1. The summed E-state index contributed by atoms with van der Waals surface area (Å²) in [5.41, 5.74) is 1.40. The standard InChI is InChI=1S/C11H11F6N/c1-10(18,9(13)14)5-6-2-3-7(12)4-8(6)11(15,16)17/h2-4,9H,5,18H2,1H3. The van der Waals surface area contributed by atoms with Gasteiger partial charge in [0, 0.05) is 0 Å². The zero-order valence-corrected chi connectivity index (χ0v) is 9.36. The summed E-state index contributed by atoms with van der Waals surface area (Å²) in [4.78, 5) is 0. The van der Waals surface area contributed by atoms with Crippen LogP contribution in [-0.2, 0) is 12.6 Å².